The molecule has 2 amide bonds. The Morgan fingerprint density at radius 3 is 2.48 bits per heavy atom. The van der Waals surface area contributed by atoms with Crippen LogP contribution in [0.5, 0.6) is 0 Å². The Kier molecular flexibility index (Phi) is 5.37. The third kappa shape index (κ3) is 4.08. The Bertz CT molecular complexity index is 934. The number of piperidine rings is 1. The highest BCUT2D eigenvalue weighted by Crippen LogP contribution is 2.46. The molecule has 0 bridgehead atoms. The Morgan fingerprint density at radius 1 is 1.19 bits per heavy atom. The topological polar surface area (TPSA) is 76.4 Å². The molecule has 6 nitrogen and oxygen atoms in total. The van der Waals surface area contributed by atoms with Crippen molar-refractivity contribution in [3.05, 3.63) is 35.1 Å². The van der Waals surface area contributed by atoms with E-state index in [2.05, 4.69) is 5.32 Å². The van der Waals surface area contributed by atoms with E-state index in [1.165, 1.54) is 9.80 Å². The molecule has 3 fully saturated rings. The molecule has 0 aromatic heterocycles. The normalized spacial score (nSPS) is 29.6. The molecule has 1 aliphatic carbocycles. The number of rotatable bonds is 4. The fourth-order valence-electron chi connectivity index (χ4n) is 4.59. The maximum Gasteiger partial charge on any atom is 0.417 e. The van der Waals surface area contributed by atoms with Gasteiger partial charge in [0.25, 0.3) is 5.91 Å². The lowest BCUT2D eigenvalue weighted by Crippen LogP contribution is -2.43. The van der Waals surface area contributed by atoms with Gasteiger partial charge in [-0.2, -0.15) is 18.4 Å². The number of nitriles is 1. The molecule has 1 saturated carbocycles. The molecule has 4 atom stereocenters. The lowest BCUT2D eigenvalue weighted by Gasteiger charge is -2.23. The summed E-state index contributed by atoms with van der Waals surface area (Å²) in [4.78, 5) is 27.4. The number of alkyl halides is 4. The van der Waals surface area contributed by atoms with Crippen molar-refractivity contribution in [2.45, 2.75) is 30.9 Å². The number of nitrogens with one attached hydrogen (secondary N) is 1. The number of fused-ring (bicyclic) bond motifs is 1. The summed E-state index contributed by atoms with van der Waals surface area (Å²) in [5, 5.41) is 12.1. The van der Waals surface area contributed by atoms with Crippen molar-refractivity contribution in [1.29, 1.82) is 5.26 Å². The van der Waals surface area contributed by atoms with E-state index in [1.54, 1.807) is 0 Å². The second-order valence-electron chi connectivity index (χ2n) is 8.16. The molecule has 1 N–H and O–H groups in total. The third-order valence-electron chi connectivity index (χ3n) is 6.21. The van der Waals surface area contributed by atoms with Crippen LogP contribution in [0.25, 0.3) is 0 Å². The van der Waals surface area contributed by atoms with Crippen LogP contribution in [0.1, 0.15) is 22.3 Å². The molecule has 2 heterocycles. The van der Waals surface area contributed by atoms with Gasteiger partial charge in [0.05, 0.1) is 30.3 Å². The molecule has 11 heteroatoms. The van der Waals surface area contributed by atoms with Crippen molar-refractivity contribution < 1.29 is 31.5 Å². The molecule has 0 radical (unpaired) electrons. The van der Waals surface area contributed by atoms with Gasteiger partial charge in [0.2, 0.25) is 5.91 Å². The summed E-state index contributed by atoms with van der Waals surface area (Å²) in [6, 6.07) is 3.04. The van der Waals surface area contributed by atoms with E-state index in [0.29, 0.717) is 6.07 Å². The number of carbonyl (C=O) groups is 2. The standard InChI is InChI=1S/C20H19F5N4O2/c21-10-1-2-13(16(4-10)20(23,24)25)19(31)28-8-14-15(9-28)18(14)27-6-17(30)29-7-11(22)3-12(29)5-26/h1-2,4,11-12,14-15,18,27H,3,6-9H2/t11-,12-,14?,15?,18?/m0/s1. The first-order valence-electron chi connectivity index (χ1n) is 9.82. The van der Waals surface area contributed by atoms with E-state index < -0.39 is 41.2 Å². The lowest BCUT2D eigenvalue weighted by molar-refractivity contribution is -0.138. The summed E-state index contributed by atoms with van der Waals surface area (Å²) in [5.74, 6) is -2.28. The van der Waals surface area contributed by atoms with Crippen molar-refractivity contribution in [3.8, 4) is 6.07 Å². The number of halogens is 5. The van der Waals surface area contributed by atoms with Crippen LogP contribution in [0.2, 0.25) is 0 Å². The zero-order chi connectivity index (χ0) is 22.5. The minimum absolute atomic E-state index is 0.00269. The molecule has 1 aromatic rings. The summed E-state index contributed by atoms with van der Waals surface area (Å²) in [6.07, 6.45) is -6.08. The maximum atomic E-state index is 13.5. The highest BCUT2D eigenvalue weighted by Gasteiger charge is 2.57. The van der Waals surface area contributed by atoms with Gasteiger partial charge in [0, 0.05) is 25.6 Å². The minimum Gasteiger partial charge on any atom is -0.338 e. The minimum atomic E-state index is -4.85. The fraction of sp³-hybridized carbons (Fsp3) is 0.550. The predicted octanol–water partition coefficient (Wildman–Crippen LogP) is 1.97. The van der Waals surface area contributed by atoms with Crippen LogP contribution in [0.15, 0.2) is 18.2 Å². The van der Waals surface area contributed by atoms with Gasteiger partial charge in [0.15, 0.2) is 0 Å². The van der Waals surface area contributed by atoms with Gasteiger partial charge in [-0.1, -0.05) is 0 Å². The second kappa shape index (κ2) is 7.75. The number of benzene rings is 1. The van der Waals surface area contributed by atoms with Crippen LogP contribution in [0.4, 0.5) is 22.0 Å². The van der Waals surface area contributed by atoms with E-state index in [9.17, 15) is 31.5 Å². The van der Waals surface area contributed by atoms with Crippen LogP contribution < -0.4 is 5.32 Å². The Labute approximate surface area is 174 Å². The van der Waals surface area contributed by atoms with Gasteiger partial charge in [-0.25, -0.2) is 8.78 Å². The van der Waals surface area contributed by atoms with Crippen molar-refractivity contribution in [2.24, 2.45) is 11.8 Å². The van der Waals surface area contributed by atoms with Crippen LogP contribution in [-0.2, 0) is 11.0 Å². The first-order chi connectivity index (χ1) is 14.6. The van der Waals surface area contributed by atoms with Gasteiger partial charge in [-0.3, -0.25) is 9.59 Å². The SMILES string of the molecule is N#C[C@@H]1C[C@H](F)CN1C(=O)CNC1C2CN(C(=O)c3ccc(F)cc3C(F)(F)F)CC21. The molecule has 2 aliphatic heterocycles. The summed E-state index contributed by atoms with van der Waals surface area (Å²) in [5.41, 5.74) is -1.89. The summed E-state index contributed by atoms with van der Waals surface area (Å²) in [6.45, 7) is 0.257. The van der Waals surface area contributed by atoms with Crippen molar-refractivity contribution >= 4 is 11.8 Å². The Morgan fingerprint density at radius 2 is 1.87 bits per heavy atom. The number of carbonyl (C=O) groups excluding carboxylic acids is 2. The Hall–Kier alpha value is -2.74. The molecule has 0 spiro atoms. The Balaban J connectivity index is 1.32. The quantitative estimate of drug-likeness (QED) is 0.724. The molecule has 31 heavy (non-hydrogen) atoms. The monoisotopic (exact) mass is 442 g/mol. The summed E-state index contributed by atoms with van der Waals surface area (Å²) < 4.78 is 66.3. The molecule has 1 aromatic carbocycles. The third-order valence-corrected chi connectivity index (χ3v) is 6.21. The molecule has 166 valence electrons. The van der Waals surface area contributed by atoms with Crippen molar-refractivity contribution in [1.82, 2.24) is 15.1 Å². The van der Waals surface area contributed by atoms with Gasteiger partial charge in [0.1, 0.15) is 18.0 Å². The highest BCUT2D eigenvalue weighted by atomic mass is 19.4. The van der Waals surface area contributed by atoms with Gasteiger partial charge in [-0.15, -0.1) is 0 Å². The average Bonchev–Trinajstić information content (AvgIpc) is 3.04. The number of amides is 2. The molecule has 2 unspecified atom stereocenters. The predicted molar refractivity (Wildman–Crippen MR) is 96.7 cm³/mol. The maximum absolute atomic E-state index is 13.5. The highest BCUT2D eigenvalue weighted by molar-refractivity contribution is 5.96. The zero-order valence-electron chi connectivity index (χ0n) is 16.2. The van der Waals surface area contributed by atoms with Crippen LogP contribution in [0.3, 0.4) is 0 Å². The van der Waals surface area contributed by atoms with Crippen LogP contribution in [0, 0.1) is 29.0 Å². The van der Waals surface area contributed by atoms with Crippen LogP contribution in [-0.4, -0.2) is 66.0 Å². The molecular weight excluding hydrogens is 423 g/mol. The largest absolute Gasteiger partial charge is 0.417 e. The summed E-state index contributed by atoms with van der Waals surface area (Å²) in [7, 11) is 0. The van der Waals surface area contributed by atoms with E-state index in [1.807, 2.05) is 6.07 Å². The molecule has 3 aliphatic rings. The van der Waals surface area contributed by atoms with E-state index >= 15 is 0 Å². The number of hydrogen-bond donors (Lipinski definition) is 1. The van der Waals surface area contributed by atoms with Crippen molar-refractivity contribution in [3.63, 3.8) is 0 Å². The number of nitrogens with zero attached hydrogens (tertiary/aromatic N) is 3. The lowest BCUT2D eigenvalue weighted by atomic mass is 10.1. The number of likely N-dealkylation sites (tertiary alicyclic amines) is 2. The van der Waals surface area contributed by atoms with E-state index in [-0.39, 0.29) is 56.4 Å². The van der Waals surface area contributed by atoms with Gasteiger partial charge in [-0.05, 0) is 30.0 Å². The van der Waals surface area contributed by atoms with E-state index in [4.69, 9.17) is 5.26 Å². The second-order valence-corrected chi connectivity index (χ2v) is 8.16. The fourth-order valence-corrected chi connectivity index (χ4v) is 4.59. The molecule has 4 rings (SSSR count). The summed E-state index contributed by atoms with van der Waals surface area (Å²) >= 11 is 0. The molecule has 2 saturated heterocycles. The zero-order valence-corrected chi connectivity index (χ0v) is 16.2. The first-order valence-corrected chi connectivity index (χ1v) is 9.82. The van der Waals surface area contributed by atoms with E-state index in [0.717, 1.165) is 12.1 Å². The molecular formula is C20H19F5N4O2. The van der Waals surface area contributed by atoms with Gasteiger partial charge >= 0.3 is 6.18 Å². The first kappa shape index (κ1) is 21.5. The van der Waals surface area contributed by atoms with Crippen LogP contribution >= 0.6 is 0 Å². The smallest absolute Gasteiger partial charge is 0.338 e. The van der Waals surface area contributed by atoms with Gasteiger partial charge < -0.3 is 15.1 Å². The van der Waals surface area contributed by atoms with Crippen molar-refractivity contribution in [2.75, 3.05) is 26.2 Å². The average molecular weight is 442 g/mol. The number of hydrogen-bond acceptors (Lipinski definition) is 4.